The maximum absolute atomic E-state index is 11.5. The van der Waals surface area contributed by atoms with Gasteiger partial charge in [0, 0.05) is 5.56 Å². The van der Waals surface area contributed by atoms with Crippen molar-refractivity contribution in [3.8, 4) is 11.5 Å². The highest BCUT2D eigenvalue weighted by molar-refractivity contribution is 5.50. The third-order valence-corrected chi connectivity index (χ3v) is 3.37. The molecular weight excluding hydrogens is 204 g/mol. The molecule has 16 heavy (non-hydrogen) atoms. The number of fused-ring (bicyclic) bond motifs is 1. The van der Waals surface area contributed by atoms with Gasteiger partial charge < -0.3 is 10.2 Å². The fraction of sp³-hybridized carbons (Fsp3) is 0.462. The van der Waals surface area contributed by atoms with Gasteiger partial charge >= 0.3 is 0 Å². The molecule has 1 aliphatic carbocycles. The Balaban J connectivity index is 2.78. The van der Waals surface area contributed by atoms with E-state index in [-0.39, 0.29) is 5.75 Å². The van der Waals surface area contributed by atoms with Crippen LogP contribution in [0.5, 0.6) is 11.5 Å². The van der Waals surface area contributed by atoms with Crippen molar-refractivity contribution < 1.29 is 10.2 Å². The van der Waals surface area contributed by atoms with Crippen molar-refractivity contribution in [3.63, 3.8) is 0 Å². The van der Waals surface area contributed by atoms with E-state index < -0.39 is 11.2 Å². The van der Waals surface area contributed by atoms with E-state index in [1.807, 2.05) is 6.92 Å². The Morgan fingerprint density at radius 3 is 2.62 bits per heavy atom. The van der Waals surface area contributed by atoms with Gasteiger partial charge in [-0.2, -0.15) is 0 Å². The predicted octanol–water partition coefficient (Wildman–Crippen LogP) is 1.89. The van der Waals surface area contributed by atoms with Crippen LogP contribution in [0, 0.1) is 12.8 Å². The molecule has 2 rings (SSSR count). The third kappa shape index (κ3) is 1.66. The summed E-state index contributed by atoms with van der Waals surface area (Å²) in [5.41, 5.74) is 2.13. The highest BCUT2D eigenvalue weighted by Gasteiger charge is 2.21. The normalized spacial score (nSPS) is 19.2. The van der Waals surface area contributed by atoms with Crippen molar-refractivity contribution in [2.75, 3.05) is 0 Å². The smallest absolute Gasteiger partial charge is 0.224 e. The van der Waals surface area contributed by atoms with Gasteiger partial charge in [0.15, 0.2) is 5.75 Å². The predicted molar refractivity (Wildman–Crippen MR) is 62.0 cm³/mol. The Hall–Kier alpha value is -1.51. The SMILES string of the molecule is Cc1cc(=O)c(O)c(O)c2c1CC(C)CC2. The molecule has 0 aromatic heterocycles. The lowest BCUT2D eigenvalue weighted by Gasteiger charge is -2.21. The average molecular weight is 220 g/mol. The molecule has 86 valence electrons. The molecule has 0 bridgehead atoms. The number of hydrogen-bond acceptors (Lipinski definition) is 3. The molecule has 0 amide bonds. The lowest BCUT2D eigenvalue weighted by atomic mass is 9.84. The summed E-state index contributed by atoms with van der Waals surface area (Å²) in [7, 11) is 0. The van der Waals surface area contributed by atoms with Crippen LogP contribution >= 0.6 is 0 Å². The summed E-state index contributed by atoms with van der Waals surface area (Å²) >= 11 is 0. The summed E-state index contributed by atoms with van der Waals surface area (Å²) in [6.45, 7) is 4.02. The van der Waals surface area contributed by atoms with E-state index in [9.17, 15) is 15.0 Å². The van der Waals surface area contributed by atoms with Gasteiger partial charge in [-0.15, -0.1) is 0 Å². The van der Waals surface area contributed by atoms with E-state index in [0.717, 1.165) is 36.0 Å². The molecule has 1 atom stereocenters. The molecule has 0 heterocycles. The highest BCUT2D eigenvalue weighted by atomic mass is 16.3. The first-order chi connectivity index (χ1) is 7.50. The molecule has 0 radical (unpaired) electrons. The molecule has 0 fully saturated rings. The van der Waals surface area contributed by atoms with Crippen molar-refractivity contribution in [3.05, 3.63) is 33.0 Å². The number of aryl methyl sites for hydroxylation is 1. The zero-order valence-electron chi connectivity index (χ0n) is 9.58. The minimum Gasteiger partial charge on any atom is -0.504 e. The van der Waals surface area contributed by atoms with Crippen LogP contribution in [-0.4, -0.2) is 10.2 Å². The van der Waals surface area contributed by atoms with Gasteiger partial charge in [0.1, 0.15) is 0 Å². The second-order valence-corrected chi connectivity index (χ2v) is 4.69. The van der Waals surface area contributed by atoms with Gasteiger partial charge in [-0.05, 0) is 49.3 Å². The highest BCUT2D eigenvalue weighted by Crippen LogP contribution is 2.35. The van der Waals surface area contributed by atoms with Crippen LogP contribution in [0.2, 0.25) is 0 Å². The molecule has 1 unspecified atom stereocenters. The van der Waals surface area contributed by atoms with Gasteiger partial charge in [-0.25, -0.2) is 0 Å². The van der Waals surface area contributed by atoms with Gasteiger partial charge in [0.2, 0.25) is 11.2 Å². The molecule has 0 aliphatic heterocycles. The van der Waals surface area contributed by atoms with Crippen LogP contribution in [-0.2, 0) is 12.8 Å². The Morgan fingerprint density at radius 1 is 1.25 bits per heavy atom. The summed E-state index contributed by atoms with van der Waals surface area (Å²) < 4.78 is 0. The van der Waals surface area contributed by atoms with Gasteiger partial charge in [-0.1, -0.05) is 6.92 Å². The van der Waals surface area contributed by atoms with Gasteiger partial charge in [0.25, 0.3) is 0 Å². The molecule has 2 N–H and O–H groups in total. The number of hydrogen-bond donors (Lipinski definition) is 2. The second-order valence-electron chi connectivity index (χ2n) is 4.69. The summed E-state index contributed by atoms with van der Waals surface area (Å²) in [4.78, 5) is 11.5. The Kier molecular flexibility index (Phi) is 2.62. The van der Waals surface area contributed by atoms with Gasteiger partial charge in [-0.3, -0.25) is 4.79 Å². The molecule has 1 aliphatic rings. The van der Waals surface area contributed by atoms with Crippen molar-refractivity contribution in [2.45, 2.75) is 33.1 Å². The zero-order valence-corrected chi connectivity index (χ0v) is 9.58. The zero-order chi connectivity index (χ0) is 11.9. The summed E-state index contributed by atoms with van der Waals surface area (Å²) in [6, 6.07) is 1.41. The van der Waals surface area contributed by atoms with E-state index in [2.05, 4.69) is 6.92 Å². The topological polar surface area (TPSA) is 57.5 Å². The van der Waals surface area contributed by atoms with E-state index in [0.29, 0.717) is 5.92 Å². The van der Waals surface area contributed by atoms with Crippen LogP contribution in [0.3, 0.4) is 0 Å². The second kappa shape index (κ2) is 3.81. The summed E-state index contributed by atoms with van der Waals surface area (Å²) in [6.07, 6.45) is 2.57. The largest absolute Gasteiger partial charge is 0.504 e. The first kappa shape index (κ1) is 11.0. The van der Waals surface area contributed by atoms with E-state index in [4.69, 9.17) is 0 Å². The summed E-state index contributed by atoms with van der Waals surface area (Å²) in [5.74, 6) is -0.177. The van der Waals surface area contributed by atoms with Crippen LogP contribution in [0.1, 0.15) is 30.0 Å². The lowest BCUT2D eigenvalue weighted by Crippen LogP contribution is -2.11. The maximum Gasteiger partial charge on any atom is 0.224 e. The number of aromatic hydroxyl groups is 2. The van der Waals surface area contributed by atoms with Crippen LogP contribution in [0.4, 0.5) is 0 Å². The van der Waals surface area contributed by atoms with E-state index in [1.54, 1.807) is 0 Å². The monoisotopic (exact) mass is 220 g/mol. The molecule has 0 saturated heterocycles. The first-order valence-corrected chi connectivity index (χ1v) is 5.58. The number of rotatable bonds is 0. The quantitative estimate of drug-likeness (QED) is 0.702. The third-order valence-electron chi connectivity index (χ3n) is 3.37. The molecular formula is C13H16O3. The van der Waals surface area contributed by atoms with Crippen LogP contribution in [0.25, 0.3) is 0 Å². The Labute approximate surface area is 94.4 Å². The van der Waals surface area contributed by atoms with Crippen molar-refractivity contribution >= 4 is 0 Å². The van der Waals surface area contributed by atoms with E-state index in [1.165, 1.54) is 6.07 Å². The lowest BCUT2D eigenvalue weighted by molar-refractivity contribution is 0.391. The molecule has 1 aromatic carbocycles. The Bertz CT molecular complexity index is 492. The standard InChI is InChI=1S/C13H16O3/c1-7-3-4-9-10(5-7)8(2)6-11(14)13(16)12(9)15/h6-7H,3-5H2,1-2H3,(H2,14,15,16). The molecule has 3 nitrogen and oxygen atoms in total. The summed E-state index contributed by atoms with van der Waals surface area (Å²) in [5, 5.41) is 19.4. The fourth-order valence-electron chi connectivity index (χ4n) is 2.39. The molecule has 1 aromatic rings. The van der Waals surface area contributed by atoms with Crippen molar-refractivity contribution in [2.24, 2.45) is 5.92 Å². The van der Waals surface area contributed by atoms with E-state index >= 15 is 0 Å². The molecule has 0 spiro atoms. The van der Waals surface area contributed by atoms with Gasteiger partial charge in [0.05, 0.1) is 0 Å². The van der Waals surface area contributed by atoms with Crippen LogP contribution < -0.4 is 5.43 Å². The average Bonchev–Trinajstić information content (AvgIpc) is 2.32. The maximum atomic E-state index is 11.5. The minimum absolute atomic E-state index is 0.222. The minimum atomic E-state index is -0.515. The fourth-order valence-corrected chi connectivity index (χ4v) is 2.39. The van der Waals surface area contributed by atoms with Crippen molar-refractivity contribution in [1.29, 1.82) is 0 Å². The molecule has 3 heteroatoms. The first-order valence-electron chi connectivity index (χ1n) is 5.58. The molecule has 0 saturated carbocycles. The van der Waals surface area contributed by atoms with Crippen molar-refractivity contribution in [1.82, 2.24) is 0 Å². The van der Waals surface area contributed by atoms with Crippen LogP contribution in [0.15, 0.2) is 10.9 Å². The Morgan fingerprint density at radius 2 is 1.94 bits per heavy atom.